The molecule has 1 aromatic carbocycles. The number of thiazole rings is 1. The van der Waals surface area contributed by atoms with Gasteiger partial charge >= 0.3 is 12.2 Å². The van der Waals surface area contributed by atoms with Crippen LogP contribution in [0.3, 0.4) is 0 Å². The normalized spacial score (nSPS) is 21.0. The van der Waals surface area contributed by atoms with Crippen molar-refractivity contribution in [2.75, 3.05) is 11.9 Å². The summed E-state index contributed by atoms with van der Waals surface area (Å²) in [6, 6.07) is 3.04. The van der Waals surface area contributed by atoms with Crippen molar-refractivity contribution in [1.29, 1.82) is 0 Å². The number of anilines is 1. The standard InChI is InChI=1S/C20H25F3N4O3S/c1-3-11-6-5-7-13(11)25-17(29)27-18-26-14-9-8-12(10-15(14)31-18)19(30,20(21,22)23)16(28)24-4-2/h8-11,13,30H,3-7H2,1-2H3,(H,24,28)(H2,25,26,27,29)/t11-,13+,19-/m0/s1. The number of rotatable bonds is 6. The first-order valence-corrected chi connectivity index (χ1v) is 11.0. The molecule has 0 saturated heterocycles. The van der Waals surface area contributed by atoms with E-state index in [0.29, 0.717) is 16.1 Å². The van der Waals surface area contributed by atoms with Crippen LogP contribution < -0.4 is 16.0 Å². The van der Waals surface area contributed by atoms with E-state index in [1.165, 1.54) is 13.0 Å². The highest BCUT2D eigenvalue weighted by Gasteiger charge is 2.60. The number of fused-ring (bicyclic) bond motifs is 1. The molecule has 3 rings (SSSR count). The monoisotopic (exact) mass is 458 g/mol. The average molecular weight is 459 g/mol. The van der Waals surface area contributed by atoms with Crippen molar-refractivity contribution >= 4 is 38.6 Å². The number of halogens is 3. The summed E-state index contributed by atoms with van der Waals surface area (Å²) in [4.78, 5) is 28.6. The van der Waals surface area contributed by atoms with Gasteiger partial charge in [-0.1, -0.05) is 37.2 Å². The zero-order valence-electron chi connectivity index (χ0n) is 17.2. The molecule has 1 aromatic heterocycles. The van der Waals surface area contributed by atoms with Gasteiger partial charge in [0.2, 0.25) is 0 Å². The molecule has 1 saturated carbocycles. The Morgan fingerprint density at radius 3 is 2.65 bits per heavy atom. The van der Waals surface area contributed by atoms with Gasteiger partial charge in [-0.2, -0.15) is 13.2 Å². The van der Waals surface area contributed by atoms with Crippen molar-refractivity contribution in [3.8, 4) is 0 Å². The van der Waals surface area contributed by atoms with Gasteiger partial charge in [0.25, 0.3) is 11.5 Å². The van der Waals surface area contributed by atoms with Crippen LogP contribution in [0.15, 0.2) is 18.2 Å². The van der Waals surface area contributed by atoms with Gasteiger partial charge in [0, 0.05) is 18.2 Å². The van der Waals surface area contributed by atoms with Gasteiger partial charge in [-0.15, -0.1) is 0 Å². The van der Waals surface area contributed by atoms with Crippen LogP contribution in [0.5, 0.6) is 0 Å². The number of benzene rings is 1. The van der Waals surface area contributed by atoms with E-state index in [1.54, 1.807) is 0 Å². The molecular formula is C20H25F3N4O3S. The fraction of sp³-hybridized carbons (Fsp3) is 0.550. The number of alkyl halides is 3. The van der Waals surface area contributed by atoms with Gasteiger partial charge in [0.05, 0.1) is 10.2 Å². The van der Waals surface area contributed by atoms with Crippen LogP contribution in [0.2, 0.25) is 0 Å². The molecule has 1 aliphatic rings. The molecule has 170 valence electrons. The summed E-state index contributed by atoms with van der Waals surface area (Å²) in [6.45, 7) is 3.47. The van der Waals surface area contributed by atoms with Gasteiger partial charge in [0.15, 0.2) is 5.13 Å². The van der Waals surface area contributed by atoms with Gasteiger partial charge < -0.3 is 15.7 Å². The molecule has 4 N–H and O–H groups in total. The first-order valence-electron chi connectivity index (χ1n) is 10.2. The number of nitrogens with one attached hydrogen (secondary N) is 3. The Balaban J connectivity index is 1.82. The maximum Gasteiger partial charge on any atom is 0.430 e. The van der Waals surface area contributed by atoms with Crippen molar-refractivity contribution in [2.24, 2.45) is 5.92 Å². The molecule has 0 bridgehead atoms. The van der Waals surface area contributed by atoms with Crippen molar-refractivity contribution in [3.63, 3.8) is 0 Å². The molecule has 0 unspecified atom stereocenters. The molecule has 1 aliphatic carbocycles. The molecule has 1 fully saturated rings. The molecule has 31 heavy (non-hydrogen) atoms. The van der Waals surface area contributed by atoms with Crippen molar-refractivity contribution < 1.29 is 27.9 Å². The molecule has 0 aliphatic heterocycles. The summed E-state index contributed by atoms with van der Waals surface area (Å²) in [6.07, 6.45) is -1.21. The van der Waals surface area contributed by atoms with Crippen LogP contribution in [0.25, 0.3) is 10.2 Å². The van der Waals surface area contributed by atoms with Crippen LogP contribution in [0.4, 0.5) is 23.1 Å². The molecule has 0 radical (unpaired) electrons. The largest absolute Gasteiger partial charge is 0.430 e. The fourth-order valence-corrected chi connectivity index (χ4v) is 4.83. The number of likely N-dealkylation sites (N-methyl/N-ethyl adjacent to an activating group) is 1. The Morgan fingerprint density at radius 2 is 2.00 bits per heavy atom. The number of nitrogens with zero attached hydrogens (tertiary/aromatic N) is 1. The summed E-state index contributed by atoms with van der Waals surface area (Å²) >= 11 is 0.963. The lowest BCUT2D eigenvalue weighted by molar-refractivity contribution is -0.256. The zero-order valence-corrected chi connectivity index (χ0v) is 18.0. The first kappa shape index (κ1) is 23.3. The molecule has 11 heteroatoms. The van der Waals surface area contributed by atoms with E-state index in [1.807, 2.05) is 5.32 Å². The molecule has 3 atom stereocenters. The predicted octanol–water partition coefficient (Wildman–Crippen LogP) is 3.88. The Bertz CT molecular complexity index is 965. The van der Waals surface area contributed by atoms with Crippen molar-refractivity contribution in [3.05, 3.63) is 23.8 Å². The minimum Gasteiger partial charge on any atom is -0.369 e. The Hall–Kier alpha value is -2.40. The van der Waals surface area contributed by atoms with Gasteiger partial charge in [-0.05, 0) is 37.8 Å². The maximum absolute atomic E-state index is 13.6. The third-order valence-corrected chi connectivity index (χ3v) is 6.54. The van der Waals surface area contributed by atoms with Crippen LogP contribution in [-0.2, 0) is 10.4 Å². The summed E-state index contributed by atoms with van der Waals surface area (Å²) in [5.41, 5.74) is -3.96. The van der Waals surface area contributed by atoms with E-state index in [0.717, 1.165) is 49.2 Å². The Labute approximate surface area is 181 Å². The smallest absolute Gasteiger partial charge is 0.369 e. The number of carbonyl (C=O) groups is 2. The van der Waals surface area contributed by atoms with E-state index in [2.05, 4.69) is 22.5 Å². The second-order valence-corrected chi connectivity index (χ2v) is 8.60. The van der Waals surface area contributed by atoms with E-state index in [4.69, 9.17) is 0 Å². The number of carbonyl (C=O) groups excluding carboxylic acids is 2. The Kier molecular flexibility index (Phi) is 6.75. The minimum absolute atomic E-state index is 0.0664. The van der Waals surface area contributed by atoms with Gasteiger partial charge in [0.1, 0.15) is 0 Å². The third-order valence-electron chi connectivity index (χ3n) is 5.60. The van der Waals surface area contributed by atoms with Gasteiger partial charge in [-0.25, -0.2) is 9.78 Å². The number of aromatic nitrogens is 1. The van der Waals surface area contributed by atoms with Crippen molar-refractivity contribution in [2.45, 2.75) is 57.3 Å². The SMILES string of the molecule is CCNC(=O)[C@@](O)(c1ccc2nc(NC(=O)N[C@@H]3CCC[C@@H]3CC)sc2c1)C(F)(F)F. The van der Waals surface area contributed by atoms with Crippen LogP contribution in [0, 0.1) is 5.92 Å². The lowest BCUT2D eigenvalue weighted by Gasteiger charge is -2.29. The molecular weight excluding hydrogens is 433 g/mol. The highest BCUT2D eigenvalue weighted by Crippen LogP contribution is 2.41. The number of amides is 3. The van der Waals surface area contributed by atoms with Crippen molar-refractivity contribution in [1.82, 2.24) is 15.6 Å². The third kappa shape index (κ3) is 4.62. The number of hydrogen-bond donors (Lipinski definition) is 4. The zero-order chi connectivity index (χ0) is 22.8. The van der Waals surface area contributed by atoms with E-state index >= 15 is 0 Å². The van der Waals surface area contributed by atoms with Crippen LogP contribution >= 0.6 is 11.3 Å². The second-order valence-electron chi connectivity index (χ2n) is 7.57. The number of aliphatic hydroxyl groups is 1. The molecule has 3 amide bonds. The lowest BCUT2D eigenvalue weighted by Crippen LogP contribution is -2.54. The van der Waals surface area contributed by atoms with E-state index in [9.17, 15) is 27.9 Å². The number of urea groups is 1. The Morgan fingerprint density at radius 1 is 1.26 bits per heavy atom. The molecule has 0 spiro atoms. The first-order chi connectivity index (χ1) is 14.6. The minimum atomic E-state index is -5.22. The summed E-state index contributed by atoms with van der Waals surface area (Å²) in [7, 11) is 0. The van der Waals surface area contributed by atoms with Gasteiger partial charge in [-0.3, -0.25) is 10.1 Å². The predicted molar refractivity (Wildman–Crippen MR) is 112 cm³/mol. The molecule has 7 nitrogen and oxygen atoms in total. The fourth-order valence-electron chi connectivity index (χ4n) is 3.93. The molecule has 2 aromatic rings. The highest BCUT2D eigenvalue weighted by atomic mass is 32.1. The second kappa shape index (κ2) is 8.99. The summed E-state index contributed by atoms with van der Waals surface area (Å²) in [5, 5.41) is 18.1. The quantitative estimate of drug-likeness (QED) is 0.527. The summed E-state index contributed by atoms with van der Waals surface area (Å²) in [5.74, 6) is -1.12. The highest BCUT2D eigenvalue weighted by molar-refractivity contribution is 7.22. The topological polar surface area (TPSA) is 103 Å². The average Bonchev–Trinajstić information content (AvgIpc) is 3.31. The van der Waals surface area contributed by atoms with E-state index in [-0.39, 0.29) is 17.7 Å². The summed E-state index contributed by atoms with van der Waals surface area (Å²) < 4.78 is 41.1. The maximum atomic E-state index is 13.6. The van der Waals surface area contributed by atoms with Crippen LogP contribution in [0.1, 0.15) is 45.1 Å². The lowest BCUT2D eigenvalue weighted by atomic mass is 9.92. The molecule has 1 heterocycles. The van der Waals surface area contributed by atoms with E-state index < -0.39 is 29.3 Å². The van der Waals surface area contributed by atoms with Crippen LogP contribution in [-0.4, -0.2) is 40.8 Å². The number of hydrogen-bond acceptors (Lipinski definition) is 5.